The number of carbonyl (C=O) groups is 3. The minimum atomic E-state index is -0.946. The van der Waals surface area contributed by atoms with Crippen LogP contribution in [0.15, 0.2) is 60.7 Å². The summed E-state index contributed by atoms with van der Waals surface area (Å²) in [5.41, 5.74) is 1.39. The number of hydrogen-bond donors (Lipinski definition) is 0. The van der Waals surface area contributed by atoms with Crippen LogP contribution in [-0.2, 0) is 30.4 Å². The van der Waals surface area contributed by atoms with Gasteiger partial charge in [-0.05, 0) is 43.9 Å². The molecule has 0 heterocycles. The highest BCUT2D eigenvalue weighted by atomic mass is 16.6. The first kappa shape index (κ1) is 22.1. The molecule has 2 rings (SSSR count). The van der Waals surface area contributed by atoms with Gasteiger partial charge in [-0.1, -0.05) is 48.5 Å². The molecular weight excluding hydrogens is 372 g/mol. The first-order chi connectivity index (χ1) is 14.1. The molecule has 0 aromatic heterocycles. The van der Waals surface area contributed by atoms with Crippen molar-refractivity contribution in [2.24, 2.45) is 0 Å². The summed E-state index contributed by atoms with van der Waals surface area (Å²) in [6.07, 6.45) is 1.21. The second kappa shape index (κ2) is 12.3. The summed E-state index contributed by atoms with van der Waals surface area (Å²) >= 11 is 0. The third kappa shape index (κ3) is 8.60. The predicted molar refractivity (Wildman–Crippen MR) is 107 cm³/mol. The van der Waals surface area contributed by atoms with Crippen molar-refractivity contribution in [3.05, 3.63) is 71.8 Å². The molecule has 0 amide bonds. The molecule has 2 aromatic rings. The molecule has 2 aromatic carbocycles. The molecule has 0 saturated heterocycles. The van der Waals surface area contributed by atoms with Gasteiger partial charge in [-0.2, -0.15) is 0 Å². The molecule has 29 heavy (non-hydrogen) atoms. The average Bonchev–Trinajstić information content (AvgIpc) is 2.75. The van der Waals surface area contributed by atoms with Gasteiger partial charge in [-0.3, -0.25) is 4.79 Å². The number of hydrogen-bond acceptors (Lipinski definition) is 6. The average molecular weight is 398 g/mol. The van der Waals surface area contributed by atoms with Gasteiger partial charge in [-0.25, -0.2) is 9.59 Å². The lowest BCUT2D eigenvalue weighted by Gasteiger charge is -2.13. The Kier molecular flexibility index (Phi) is 9.42. The molecule has 0 unspecified atom stereocenters. The lowest BCUT2D eigenvalue weighted by molar-refractivity contribution is -0.167. The third-order valence-corrected chi connectivity index (χ3v) is 4.13. The molecule has 0 bridgehead atoms. The number of carbonyl (C=O) groups excluding carboxylic acids is 3. The van der Waals surface area contributed by atoms with E-state index in [2.05, 4.69) is 0 Å². The highest BCUT2D eigenvalue weighted by molar-refractivity contribution is 5.89. The van der Waals surface area contributed by atoms with Gasteiger partial charge < -0.3 is 14.2 Å². The Morgan fingerprint density at radius 3 is 2.17 bits per heavy atom. The lowest BCUT2D eigenvalue weighted by Crippen LogP contribution is -2.26. The number of unbranched alkanes of at least 4 members (excludes halogenated alkanes) is 2. The minimum Gasteiger partial charge on any atom is -0.462 e. The monoisotopic (exact) mass is 398 g/mol. The van der Waals surface area contributed by atoms with Crippen molar-refractivity contribution < 1.29 is 28.6 Å². The first-order valence-corrected chi connectivity index (χ1v) is 9.68. The van der Waals surface area contributed by atoms with Crippen molar-refractivity contribution in [2.75, 3.05) is 6.61 Å². The van der Waals surface area contributed by atoms with Gasteiger partial charge in [0.15, 0.2) is 6.10 Å². The summed E-state index contributed by atoms with van der Waals surface area (Å²) in [4.78, 5) is 35.5. The zero-order valence-electron chi connectivity index (χ0n) is 16.5. The van der Waals surface area contributed by atoms with Gasteiger partial charge in [0.25, 0.3) is 0 Å². The van der Waals surface area contributed by atoms with Gasteiger partial charge in [-0.15, -0.1) is 0 Å². The second-order valence-electron chi connectivity index (χ2n) is 6.54. The van der Waals surface area contributed by atoms with Gasteiger partial charge in [0.05, 0.1) is 12.2 Å². The highest BCUT2D eigenvalue weighted by Crippen LogP contribution is 2.08. The summed E-state index contributed by atoms with van der Waals surface area (Å²) in [7, 11) is 0. The maximum Gasteiger partial charge on any atom is 0.347 e. The van der Waals surface area contributed by atoms with E-state index in [1.807, 2.05) is 36.4 Å². The topological polar surface area (TPSA) is 78.9 Å². The van der Waals surface area contributed by atoms with Crippen LogP contribution in [0.4, 0.5) is 0 Å². The van der Waals surface area contributed by atoms with Gasteiger partial charge >= 0.3 is 17.9 Å². The normalized spacial score (nSPS) is 11.3. The minimum absolute atomic E-state index is 0.142. The molecular formula is C23H26O6. The van der Waals surface area contributed by atoms with Crippen LogP contribution in [-0.4, -0.2) is 30.6 Å². The molecule has 0 fully saturated rings. The molecule has 0 saturated carbocycles. The van der Waals surface area contributed by atoms with Crippen LogP contribution in [0, 0.1) is 0 Å². The Balaban J connectivity index is 1.53. The Morgan fingerprint density at radius 2 is 1.48 bits per heavy atom. The third-order valence-electron chi connectivity index (χ3n) is 4.13. The second-order valence-corrected chi connectivity index (χ2v) is 6.54. The Bertz CT molecular complexity index is 772. The van der Waals surface area contributed by atoms with E-state index in [4.69, 9.17) is 14.2 Å². The van der Waals surface area contributed by atoms with Crippen molar-refractivity contribution in [1.29, 1.82) is 0 Å². The van der Waals surface area contributed by atoms with E-state index < -0.39 is 18.0 Å². The van der Waals surface area contributed by atoms with E-state index in [9.17, 15) is 14.4 Å². The van der Waals surface area contributed by atoms with Crippen molar-refractivity contribution >= 4 is 17.9 Å². The Labute approximate surface area is 170 Å². The molecule has 154 valence electrons. The lowest BCUT2D eigenvalue weighted by atomic mass is 10.2. The summed E-state index contributed by atoms with van der Waals surface area (Å²) in [5, 5.41) is 0. The zero-order valence-corrected chi connectivity index (χ0v) is 16.5. The molecule has 6 nitrogen and oxygen atoms in total. The largest absolute Gasteiger partial charge is 0.462 e. The highest BCUT2D eigenvalue weighted by Gasteiger charge is 2.19. The van der Waals surface area contributed by atoms with E-state index in [-0.39, 0.29) is 19.0 Å². The number of esters is 3. The van der Waals surface area contributed by atoms with Crippen molar-refractivity contribution in [3.63, 3.8) is 0 Å². The van der Waals surface area contributed by atoms with Crippen molar-refractivity contribution in [2.45, 2.75) is 45.3 Å². The maximum absolute atomic E-state index is 11.9. The van der Waals surface area contributed by atoms with E-state index in [0.717, 1.165) is 5.56 Å². The predicted octanol–water partition coefficient (Wildman–Crippen LogP) is 4.08. The van der Waals surface area contributed by atoms with Crippen LogP contribution in [0.5, 0.6) is 0 Å². The Hall–Kier alpha value is -3.15. The van der Waals surface area contributed by atoms with Crippen molar-refractivity contribution in [3.8, 4) is 0 Å². The molecule has 0 N–H and O–H groups in total. The van der Waals surface area contributed by atoms with E-state index in [0.29, 0.717) is 31.4 Å². The molecule has 0 aliphatic rings. The summed E-state index contributed by atoms with van der Waals surface area (Å²) in [5.74, 6) is -1.38. The molecule has 0 aliphatic carbocycles. The molecule has 6 heteroatoms. The zero-order chi connectivity index (χ0) is 20.9. The van der Waals surface area contributed by atoms with Gasteiger partial charge in [0, 0.05) is 6.42 Å². The molecule has 0 spiro atoms. The number of benzene rings is 2. The number of rotatable bonds is 11. The van der Waals surface area contributed by atoms with Crippen LogP contribution in [0.2, 0.25) is 0 Å². The van der Waals surface area contributed by atoms with Crippen LogP contribution in [0.1, 0.15) is 48.5 Å². The Morgan fingerprint density at radius 1 is 0.828 bits per heavy atom. The molecule has 1 atom stereocenters. The van der Waals surface area contributed by atoms with Gasteiger partial charge in [0.1, 0.15) is 6.61 Å². The summed E-state index contributed by atoms with van der Waals surface area (Å²) in [6, 6.07) is 18.1. The van der Waals surface area contributed by atoms with E-state index >= 15 is 0 Å². The fourth-order valence-electron chi connectivity index (χ4n) is 2.52. The van der Waals surface area contributed by atoms with E-state index in [1.54, 1.807) is 24.3 Å². The van der Waals surface area contributed by atoms with Crippen LogP contribution < -0.4 is 0 Å². The summed E-state index contributed by atoms with van der Waals surface area (Å²) in [6.45, 7) is 1.93. The maximum atomic E-state index is 11.9. The van der Waals surface area contributed by atoms with Crippen LogP contribution in [0.25, 0.3) is 0 Å². The number of ether oxygens (including phenoxy) is 3. The van der Waals surface area contributed by atoms with Crippen LogP contribution >= 0.6 is 0 Å². The van der Waals surface area contributed by atoms with Crippen molar-refractivity contribution in [1.82, 2.24) is 0 Å². The molecule has 0 aliphatic heterocycles. The van der Waals surface area contributed by atoms with Crippen LogP contribution in [0.3, 0.4) is 0 Å². The first-order valence-electron chi connectivity index (χ1n) is 9.68. The smallest absolute Gasteiger partial charge is 0.347 e. The summed E-state index contributed by atoms with van der Waals surface area (Å²) < 4.78 is 15.4. The van der Waals surface area contributed by atoms with Gasteiger partial charge in [0.2, 0.25) is 0 Å². The molecule has 0 radical (unpaired) electrons. The van der Waals surface area contributed by atoms with E-state index in [1.165, 1.54) is 6.92 Å². The SMILES string of the molecule is C[C@@H](OC(=O)CCCCCOC(=O)c1ccccc1)C(=O)OCc1ccccc1. The fourth-order valence-corrected chi connectivity index (χ4v) is 2.52. The fraction of sp³-hybridized carbons (Fsp3) is 0.348. The quantitative estimate of drug-likeness (QED) is 0.322. The standard InChI is InChI=1S/C23H26O6/c1-18(22(25)28-17-19-11-5-2-6-12-19)29-21(24)15-9-4-10-16-27-23(26)20-13-7-3-8-14-20/h2-3,5-8,11-14,18H,4,9-10,15-17H2,1H3/t18-/m1/s1.